The molecule has 2 aromatic rings. The number of rotatable bonds is 9. The van der Waals surface area contributed by atoms with Crippen LogP contribution in [0.2, 0.25) is 0 Å². The van der Waals surface area contributed by atoms with E-state index in [9.17, 15) is 9.59 Å². The zero-order valence-electron chi connectivity index (χ0n) is 20.2. The van der Waals surface area contributed by atoms with Gasteiger partial charge in [0.2, 0.25) is 0 Å². The number of amides is 2. The average molecular weight is 484 g/mol. The lowest BCUT2D eigenvalue weighted by atomic mass is 9.92. The summed E-state index contributed by atoms with van der Waals surface area (Å²) >= 11 is 0. The van der Waals surface area contributed by atoms with Crippen LogP contribution in [-0.2, 0) is 4.74 Å². The van der Waals surface area contributed by atoms with Crippen LogP contribution in [0, 0.1) is 0 Å². The molecule has 1 atom stereocenters. The lowest BCUT2D eigenvalue weighted by Gasteiger charge is -2.33. The molecule has 11 nitrogen and oxygen atoms in total. The molecule has 0 bridgehead atoms. The summed E-state index contributed by atoms with van der Waals surface area (Å²) in [4.78, 5) is 39.9. The molecular weight excluding hydrogens is 450 g/mol. The fraction of sp³-hybridized carbons (Fsp3) is 0.542. The zero-order chi connectivity index (χ0) is 24.9. The lowest BCUT2D eigenvalue weighted by Crippen LogP contribution is -2.40. The fourth-order valence-corrected chi connectivity index (χ4v) is 4.32. The van der Waals surface area contributed by atoms with Crippen LogP contribution in [0.5, 0.6) is 6.01 Å². The molecular formula is C24H33N7O4. The van der Waals surface area contributed by atoms with Crippen LogP contribution in [0.3, 0.4) is 0 Å². The van der Waals surface area contributed by atoms with Crippen molar-refractivity contribution >= 4 is 23.3 Å². The maximum atomic E-state index is 12.8. The number of anilines is 2. The Kier molecular flexibility index (Phi) is 7.64. The van der Waals surface area contributed by atoms with Crippen molar-refractivity contribution < 1.29 is 19.1 Å². The molecule has 1 saturated carbocycles. The van der Waals surface area contributed by atoms with E-state index in [1.807, 2.05) is 13.0 Å². The highest BCUT2D eigenvalue weighted by Crippen LogP contribution is 2.30. The van der Waals surface area contributed by atoms with Gasteiger partial charge in [0.25, 0.3) is 11.8 Å². The first-order valence-electron chi connectivity index (χ1n) is 12.0. The minimum Gasteiger partial charge on any atom is -0.458 e. The lowest BCUT2D eigenvalue weighted by molar-refractivity contribution is 0.0837. The van der Waals surface area contributed by atoms with Gasteiger partial charge in [0.05, 0.1) is 12.3 Å². The van der Waals surface area contributed by atoms with Crippen LogP contribution < -0.4 is 26.4 Å². The van der Waals surface area contributed by atoms with E-state index in [0.717, 1.165) is 37.8 Å². The first-order valence-corrected chi connectivity index (χ1v) is 12.0. The van der Waals surface area contributed by atoms with Crippen LogP contribution in [0.1, 0.15) is 71.6 Å². The third-order valence-electron chi connectivity index (χ3n) is 6.49. The number of hydrogen-bond acceptors (Lipinski definition) is 9. The van der Waals surface area contributed by atoms with Crippen molar-refractivity contribution in [1.82, 2.24) is 20.3 Å². The van der Waals surface area contributed by atoms with Crippen molar-refractivity contribution in [3.05, 3.63) is 35.3 Å². The fourth-order valence-electron chi connectivity index (χ4n) is 4.32. The first-order chi connectivity index (χ1) is 16.8. The molecule has 0 spiro atoms. The molecule has 2 aromatic heterocycles. The van der Waals surface area contributed by atoms with Crippen LogP contribution in [-0.4, -0.2) is 65.7 Å². The average Bonchev–Trinajstić information content (AvgIpc) is 2.81. The largest absolute Gasteiger partial charge is 0.458 e. The summed E-state index contributed by atoms with van der Waals surface area (Å²) in [5.41, 5.74) is 12.7. The number of carbonyl (C=O) groups is 2. The number of nitrogen functional groups attached to an aromatic ring is 1. The predicted octanol–water partition coefficient (Wildman–Crippen LogP) is 1.63. The Balaban J connectivity index is 1.50. The van der Waals surface area contributed by atoms with Gasteiger partial charge in [-0.05, 0) is 51.2 Å². The number of aromatic nitrogens is 3. The van der Waals surface area contributed by atoms with Gasteiger partial charge in [-0.25, -0.2) is 4.98 Å². The topological polar surface area (TPSA) is 159 Å². The highest BCUT2D eigenvalue weighted by molar-refractivity contribution is 5.95. The molecule has 2 fully saturated rings. The Morgan fingerprint density at radius 1 is 1.17 bits per heavy atom. The third kappa shape index (κ3) is 5.97. The van der Waals surface area contributed by atoms with E-state index in [2.05, 4.69) is 25.2 Å². The Morgan fingerprint density at radius 2 is 1.91 bits per heavy atom. The van der Waals surface area contributed by atoms with E-state index in [0.29, 0.717) is 25.5 Å². The molecule has 1 saturated heterocycles. The summed E-state index contributed by atoms with van der Waals surface area (Å²) in [5.74, 6) is -0.0567. The van der Waals surface area contributed by atoms with Crippen molar-refractivity contribution in [3.8, 4) is 6.01 Å². The van der Waals surface area contributed by atoms with E-state index in [1.54, 1.807) is 19.2 Å². The summed E-state index contributed by atoms with van der Waals surface area (Å²) in [5, 5.41) is 3.03. The molecule has 1 aliphatic carbocycles. The van der Waals surface area contributed by atoms with E-state index in [1.165, 1.54) is 0 Å². The van der Waals surface area contributed by atoms with E-state index < -0.39 is 5.91 Å². The molecule has 3 heterocycles. The van der Waals surface area contributed by atoms with Crippen molar-refractivity contribution in [3.63, 3.8) is 0 Å². The molecule has 188 valence electrons. The Morgan fingerprint density at radius 3 is 2.54 bits per heavy atom. The number of methoxy groups -OCH3 is 1. The molecule has 35 heavy (non-hydrogen) atoms. The highest BCUT2D eigenvalue weighted by Gasteiger charge is 2.27. The quantitative estimate of drug-likeness (QED) is 0.482. The normalized spacial score (nSPS) is 17.5. The second-order valence-corrected chi connectivity index (χ2v) is 9.18. The van der Waals surface area contributed by atoms with Gasteiger partial charge in [0, 0.05) is 43.9 Å². The third-order valence-corrected chi connectivity index (χ3v) is 6.49. The van der Waals surface area contributed by atoms with Crippen molar-refractivity contribution in [2.45, 2.75) is 57.1 Å². The molecule has 1 aliphatic heterocycles. The summed E-state index contributed by atoms with van der Waals surface area (Å²) in [7, 11) is 1.60. The smallest absolute Gasteiger partial charge is 0.319 e. The van der Waals surface area contributed by atoms with Gasteiger partial charge < -0.3 is 31.2 Å². The number of primary amides is 1. The number of piperidine rings is 1. The molecule has 0 radical (unpaired) electrons. The minimum absolute atomic E-state index is 0.106. The predicted molar refractivity (Wildman–Crippen MR) is 130 cm³/mol. The number of pyridine rings is 1. The van der Waals surface area contributed by atoms with Gasteiger partial charge >= 0.3 is 6.01 Å². The Bertz CT molecular complexity index is 1070. The second-order valence-electron chi connectivity index (χ2n) is 9.18. The van der Waals surface area contributed by atoms with E-state index in [-0.39, 0.29) is 47.1 Å². The number of nitrogens with two attached hydrogens (primary N) is 2. The number of ether oxygens (including phenoxy) is 2. The van der Waals surface area contributed by atoms with Crippen LogP contribution in [0.4, 0.5) is 11.5 Å². The van der Waals surface area contributed by atoms with Gasteiger partial charge in [-0.2, -0.15) is 9.97 Å². The first kappa shape index (κ1) is 24.6. The highest BCUT2D eigenvalue weighted by atomic mass is 16.5. The van der Waals surface area contributed by atoms with Crippen molar-refractivity contribution in [1.29, 1.82) is 0 Å². The molecule has 2 aliphatic rings. The van der Waals surface area contributed by atoms with E-state index in [4.69, 9.17) is 20.9 Å². The van der Waals surface area contributed by atoms with Gasteiger partial charge in [0.1, 0.15) is 17.6 Å². The number of nitrogens with one attached hydrogen (secondary N) is 1. The minimum atomic E-state index is -0.634. The van der Waals surface area contributed by atoms with Gasteiger partial charge in [-0.1, -0.05) is 0 Å². The number of hydrogen-bond donors (Lipinski definition) is 3. The Hall–Kier alpha value is -3.47. The SMILES string of the molecule is COC[C@@H](C)Oc1nc(C(=O)NC2CCC2)cc(N2CCC(c3ccc(N)c(C(N)=O)n3)CC2)n1. The molecule has 2 amide bonds. The summed E-state index contributed by atoms with van der Waals surface area (Å²) in [6.07, 6.45) is 4.42. The molecule has 4 rings (SSSR count). The summed E-state index contributed by atoms with van der Waals surface area (Å²) in [6.45, 7) is 3.62. The van der Waals surface area contributed by atoms with Crippen molar-refractivity contribution in [2.24, 2.45) is 5.73 Å². The molecule has 0 unspecified atom stereocenters. The number of carbonyl (C=O) groups excluding carboxylic acids is 2. The van der Waals surface area contributed by atoms with Crippen LogP contribution in [0.15, 0.2) is 18.2 Å². The van der Waals surface area contributed by atoms with Crippen molar-refractivity contribution in [2.75, 3.05) is 37.4 Å². The maximum Gasteiger partial charge on any atom is 0.319 e. The van der Waals surface area contributed by atoms with Crippen LogP contribution >= 0.6 is 0 Å². The summed E-state index contributed by atoms with van der Waals surface area (Å²) in [6, 6.07) is 5.59. The molecule has 11 heteroatoms. The molecule has 0 aromatic carbocycles. The van der Waals surface area contributed by atoms with Gasteiger partial charge in [-0.3, -0.25) is 9.59 Å². The molecule has 5 N–H and O–H groups in total. The Labute approximate surface area is 204 Å². The maximum absolute atomic E-state index is 12.8. The van der Waals surface area contributed by atoms with Gasteiger partial charge in [-0.15, -0.1) is 0 Å². The van der Waals surface area contributed by atoms with Gasteiger partial charge in [0.15, 0.2) is 5.69 Å². The monoisotopic (exact) mass is 483 g/mol. The van der Waals surface area contributed by atoms with E-state index >= 15 is 0 Å². The standard InChI is InChI=1S/C24H33N7O4/c1-14(13-34-2)35-24-29-19(23(33)27-16-4-3-5-16)12-20(30-24)31-10-8-15(9-11-31)18-7-6-17(25)21(28-18)22(26)32/h6-7,12,14-16H,3-5,8-11,13,25H2,1-2H3,(H2,26,32)(H,27,33)/t14-/m1/s1. The number of nitrogens with zero attached hydrogens (tertiary/aromatic N) is 4. The summed E-state index contributed by atoms with van der Waals surface area (Å²) < 4.78 is 11.0. The zero-order valence-corrected chi connectivity index (χ0v) is 20.2. The van der Waals surface area contributed by atoms with Crippen LogP contribution in [0.25, 0.3) is 0 Å². The second kappa shape index (κ2) is 10.9.